The molecule has 0 spiro atoms. The predicted octanol–water partition coefficient (Wildman–Crippen LogP) is 5.28. The number of rotatable bonds is 6. The second kappa shape index (κ2) is 9.60. The molecular formula is C25H27N5O2. The van der Waals surface area contributed by atoms with Crippen molar-refractivity contribution in [2.45, 2.75) is 39.5 Å². The molecule has 0 atom stereocenters. The fraction of sp³-hybridized carbons (Fsp3) is 0.280. The Morgan fingerprint density at radius 2 is 1.31 bits per heavy atom. The molecule has 32 heavy (non-hydrogen) atoms. The van der Waals surface area contributed by atoms with Crippen molar-refractivity contribution >= 4 is 40.4 Å². The second-order valence-electron chi connectivity index (χ2n) is 8.18. The van der Waals surface area contributed by atoms with E-state index >= 15 is 0 Å². The van der Waals surface area contributed by atoms with Gasteiger partial charge in [-0.25, -0.2) is 9.97 Å². The van der Waals surface area contributed by atoms with Crippen LogP contribution in [0.3, 0.4) is 0 Å². The highest BCUT2D eigenvalue weighted by molar-refractivity contribution is 5.94. The third-order valence-electron chi connectivity index (χ3n) is 5.50. The lowest BCUT2D eigenvalue weighted by atomic mass is 9.88. The van der Waals surface area contributed by atoms with Crippen LogP contribution >= 0.6 is 0 Å². The number of benzene rings is 2. The molecule has 0 radical (unpaired) electrons. The van der Waals surface area contributed by atoms with Crippen LogP contribution in [0, 0.1) is 19.8 Å². The van der Waals surface area contributed by atoms with Gasteiger partial charge in [-0.1, -0.05) is 17.7 Å². The van der Waals surface area contributed by atoms with Gasteiger partial charge in [-0.15, -0.1) is 0 Å². The molecule has 0 aliphatic heterocycles. The lowest BCUT2D eigenvalue weighted by Gasteiger charge is -2.20. The number of anilines is 5. The SMILES string of the molecule is Cc1ccc(Nc2cc(Nc3ccc(NC(=O)C4CCC(=O)CC4)cc3)nc(C)n2)cc1. The van der Waals surface area contributed by atoms with E-state index in [4.69, 9.17) is 0 Å². The average molecular weight is 430 g/mol. The van der Waals surface area contributed by atoms with E-state index in [1.165, 1.54) is 5.56 Å². The lowest BCUT2D eigenvalue weighted by Crippen LogP contribution is -2.27. The molecule has 1 heterocycles. The molecule has 4 rings (SSSR count). The normalized spacial score (nSPS) is 14.1. The summed E-state index contributed by atoms with van der Waals surface area (Å²) in [7, 11) is 0. The maximum Gasteiger partial charge on any atom is 0.227 e. The Kier molecular flexibility index (Phi) is 6.44. The van der Waals surface area contributed by atoms with Gasteiger partial charge in [0.2, 0.25) is 5.91 Å². The van der Waals surface area contributed by atoms with E-state index in [9.17, 15) is 9.59 Å². The number of hydrogen-bond acceptors (Lipinski definition) is 6. The first-order valence-corrected chi connectivity index (χ1v) is 10.8. The molecule has 2 aromatic carbocycles. The van der Waals surface area contributed by atoms with Crippen molar-refractivity contribution in [2.24, 2.45) is 5.92 Å². The summed E-state index contributed by atoms with van der Waals surface area (Å²) >= 11 is 0. The van der Waals surface area contributed by atoms with Gasteiger partial charge < -0.3 is 16.0 Å². The van der Waals surface area contributed by atoms with Gasteiger partial charge >= 0.3 is 0 Å². The van der Waals surface area contributed by atoms with E-state index in [1.54, 1.807) is 0 Å². The van der Waals surface area contributed by atoms with Crippen LogP contribution < -0.4 is 16.0 Å². The molecule has 1 aromatic heterocycles. The first-order valence-electron chi connectivity index (χ1n) is 10.8. The summed E-state index contributed by atoms with van der Waals surface area (Å²) in [6.45, 7) is 3.90. The van der Waals surface area contributed by atoms with Crippen LogP contribution in [-0.2, 0) is 9.59 Å². The molecule has 0 unspecified atom stereocenters. The molecule has 1 saturated carbocycles. The molecule has 1 aliphatic carbocycles. The van der Waals surface area contributed by atoms with E-state index < -0.39 is 0 Å². The molecule has 7 heteroatoms. The van der Waals surface area contributed by atoms with Crippen molar-refractivity contribution in [3.05, 3.63) is 66.0 Å². The largest absolute Gasteiger partial charge is 0.340 e. The molecule has 1 amide bonds. The van der Waals surface area contributed by atoms with Crippen molar-refractivity contribution < 1.29 is 9.59 Å². The Balaban J connectivity index is 1.38. The average Bonchev–Trinajstić information content (AvgIpc) is 2.77. The molecule has 7 nitrogen and oxygen atoms in total. The Morgan fingerprint density at radius 3 is 1.88 bits per heavy atom. The molecule has 0 saturated heterocycles. The quantitative estimate of drug-likeness (QED) is 0.493. The van der Waals surface area contributed by atoms with Crippen molar-refractivity contribution in [1.82, 2.24) is 9.97 Å². The van der Waals surface area contributed by atoms with Crippen LogP contribution in [0.2, 0.25) is 0 Å². The van der Waals surface area contributed by atoms with E-state index in [0.717, 1.165) is 17.1 Å². The molecule has 1 fully saturated rings. The number of nitrogens with one attached hydrogen (secondary N) is 3. The first kappa shape index (κ1) is 21.5. The van der Waals surface area contributed by atoms with Crippen LogP contribution in [0.25, 0.3) is 0 Å². The van der Waals surface area contributed by atoms with Crippen LogP contribution in [-0.4, -0.2) is 21.7 Å². The lowest BCUT2D eigenvalue weighted by molar-refractivity contribution is -0.125. The monoisotopic (exact) mass is 429 g/mol. The zero-order valence-corrected chi connectivity index (χ0v) is 18.3. The van der Waals surface area contributed by atoms with Crippen LogP contribution in [0.1, 0.15) is 37.1 Å². The summed E-state index contributed by atoms with van der Waals surface area (Å²) in [5.41, 5.74) is 3.75. The molecule has 1 aliphatic rings. The Hall–Kier alpha value is -3.74. The Bertz CT molecular complexity index is 1100. The number of ketones is 1. The number of Topliss-reactive ketones (excluding diaryl/α,β-unsaturated/α-hetero) is 1. The highest BCUT2D eigenvalue weighted by atomic mass is 16.2. The summed E-state index contributed by atoms with van der Waals surface area (Å²) in [4.78, 5) is 32.7. The van der Waals surface area contributed by atoms with E-state index in [0.29, 0.717) is 43.1 Å². The van der Waals surface area contributed by atoms with Crippen LogP contribution in [0.5, 0.6) is 0 Å². The van der Waals surface area contributed by atoms with Gasteiger partial charge in [0.1, 0.15) is 23.2 Å². The summed E-state index contributed by atoms with van der Waals surface area (Å²) in [5, 5.41) is 9.54. The van der Waals surface area contributed by atoms with E-state index in [1.807, 2.05) is 61.5 Å². The third-order valence-corrected chi connectivity index (χ3v) is 5.50. The zero-order valence-electron chi connectivity index (χ0n) is 18.3. The number of aryl methyl sites for hydroxylation is 2. The maximum atomic E-state index is 12.4. The van der Waals surface area contributed by atoms with Gasteiger partial charge in [0.25, 0.3) is 0 Å². The fourth-order valence-electron chi connectivity index (χ4n) is 3.71. The number of hydrogen-bond donors (Lipinski definition) is 3. The van der Waals surface area contributed by atoms with Crippen molar-refractivity contribution in [3.63, 3.8) is 0 Å². The summed E-state index contributed by atoms with van der Waals surface area (Å²) in [6, 6.07) is 17.5. The van der Waals surface area contributed by atoms with E-state index in [-0.39, 0.29) is 17.6 Å². The van der Waals surface area contributed by atoms with Gasteiger partial charge in [0, 0.05) is 41.9 Å². The highest BCUT2D eigenvalue weighted by Gasteiger charge is 2.24. The molecule has 164 valence electrons. The number of carbonyl (C=O) groups is 2. The maximum absolute atomic E-state index is 12.4. The van der Waals surface area contributed by atoms with Gasteiger partial charge in [-0.2, -0.15) is 0 Å². The minimum Gasteiger partial charge on any atom is -0.340 e. The minimum absolute atomic E-state index is 0.0172. The number of carbonyl (C=O) groups excluding carboxylic acids is 2. The van der Waals surface area contributed by atoms with Crippen LogP contribution in [0.15, 0.2) is 54.6 Å². The molecule has 3 aromatic rings. The minimum atomic E-state index is -0.0889. The number of amides is 1. The number of nitrogens with zero attached hydrogens (tertiary/aromatic N) is 2. The molecule has 3 N–H and O–H groups in total. The Labute approximate surface area is 187 Å². The predicted molar refractivity (Wildman–Crippen MR) is 127 cm³/mol. The molecule has 0 bridgehead atoms. The second-order valence-corrected chi connectivity index (χ2v) is 8.18. The van der Waals surface area contributed by atoms with Crippen molar-refractivity contribution in [2.75, 3.05) is 16.0 Å². The zero-order chi connectivity index (χ0) is 22.5. The van der Waals surface area contributed by atoms with Gasteiger partial charge in [-0.05, 0) is 63.1 Å². The van der Waals surface area contributed by atoms with Gasteiger partial charge in [-0.3, -0.25) is 9.59 Å². The highest BCUT2D eigenvalue weighted by Crippen LogP contribution is 2.25. The summed E-state index contributed by atoms with van der Waals surface area (Å²) in [5.74, 6) is 2.18. The van der Waals surface area contributed by atoms with Crippen LogP contribution in [0.4, 0.5) is 28.7 Å². The Morgan fingerprint density at radius 1 is 0.812 bits per heavy atom. The summed E-state index contributed by atoms with van der Waals surface area (Å²) < 4.78 is 0. The number of aromatic nitrogens is 2. The van der Waals surface area contributed by atoms with Crippen molar-refractivity contribution in [1.29, 1.82) is 0 Å². The van der Waals surface area contributed by atoms with Crippen molar-refractivity contribution in [3.8, 4) is 0 Å². The smallest absolute Gasteiger partial charge is 0.227 e. The topological polar surface area (TPSA) is 96.0 Å². The fourth-order valence-corrected chi connectivity index (χ4v) is 3.71. The summed E-state index contributed by atoms with van der Waals surface area (Å²) in [6.07, 6.45) is 2.27. The standard InChI is InChI=1S/C25H27N5O2/c1-16-3-7-19(8-4-16)28-23-15-24(27-17(2)26-23)29-20-9-11-21(12-10-20)30-25(32)18-5-13-22(31)14-6-18/h3-4,7-12,15,18H,5-6,13-14H2,1-2H3,(H,30,32)(H2,26,27,28,29). The van der Waals surface area contributed by atoms with E-state index in [2.05, 4.69) is 32.8 Å². The molecular weight excluding hydrogens is 402 g/mol. The van der Waals surface area contributed by atoms with Gasteiger partial charge in [0.05, 0.1) is 0 Å². The third kappa shape index (κ3) is 5.69. The first-order chi connectivity index (χ1) is 15.4. The van der Waals surface area contributed by atoms with Gasteiger partial charge in [0.15, 0.2) is 0 Å².